The molecule has 2 amide bonds. The van der Waals surface area contributed by atoms with Gasteiger partial charge in [-0.05, 0) is 25.0 Å². The van der Waals surface area contributed by atoms with Crippen LogP contribution >= 0.6 is 0 Å². The second-order valence-electron chi connectivity index (χ2n) is 5.54. The zero-order valence-corrected chi connectivity index (χ0v) is 11.7. The maximum absolute atomic E-state index is 12.7. The lowest BCUT2D eigenvalue weighted by atomic mass is 10.0. The summed E-state index contributed by atoms with van der Waals surface area (Å²) in [5.41, 5.74) is 1.73. The number of anilines is 1. The number of piperidine rings is 1. The molecule has 1 aromatic carbocycles. The molecule has 1 unspecified atom stereocenters. The van der Waals surface area contributed by atoms with Crippen molar-refractivity contribution in [3.63, 3.8) is 0 Å². The van der Waals surface area contributed by atoms with E-state index in [4.69, 9.17) is 0 Å². The number of nitrogens with zero attached hydrogens (tertiary/aromatic N) is 2. The predicted octanol–water partition coefficient (Wildman–Crippen LogP) is 1.69. The van der Waals surface area contributed by atoms with Crippen LogP contribution < -0.4 is 10.2 Å². The Morgan fingerprint density at radius 2 is 2.14 bits per heavy atom. The van der Waals surface area contributed by atoms with Crippen LogP contribution in [0.15, 0.2) is 36.8 Å². The minimum absolute atomic E-state index is 0.0734. The standard InChI is InChI=1S/C16H13N3O3/c1-8-2-3-12(15(21)18-8)19-11-4-5-13(20)9-6-17-7-10(14(9)11)16(19)22/h4-7,12,20H,1-3H2,(H,18,21). The lowest BCUT2D eigenvalue weighted by Crippen LogP contribution is -2.51. The van der Waals surface area contributed by atoms with Gasteiger partial charge in [0.05, 0.1) is 11.3 Å². The molecule has 2 aliphatic rings. The van der Waals surface area contributed by atoms with Gasteiger partial charge in [-0.25, -0.2) is 0 Å². The minimum atomic E-state index is -0.571. The molecule has 2 aromatic rings. The van der Waals surface area contributed by atoms with Gasteiger partial charge in [-0.2, -0.15) is 0 Å². The Bertz CT molecular complexity index is 859. The minimum Gasteiger partial charge on any atom is -0.507 e. The number of amides is 2. The fourth-order valence-corrected chi connectivity index (χ4v) is 3.18. The van der Waals surface area contributed by atoms with Gasteiger partial charge < -0.3 is 10.4 Å². The number of hydrogen-bond acceptors (Lipinski definition) is 4. The van der Waals surface area contributed by atoms with E-state index >= 15 is 0 Å². The molecule has 0 saturated carbocycles. The molecule has 0 radical (unpaired) electrons. The highest BCUT2D eigenvalue weighted by molar-refractivity contribution is 6.27. The van der Waals surface area contributed by atoms with Crippen LogP contribution in [0, 0.1) is 0 Å². The zero-order valence-electron chi connectivity index (χ0n) is 11.7. The van der Waals surface area contributed by atoms with Crippen molar-refractivity contribution < 1.29 is 14.7 Å². The zero-order chi connectivity index (χ0) is 15.4. The maximum atomic E-state index is 12.7. The van der Waals surface area contributed by atoms with Crippen LogP contribution in [0.2, 0.25) is 0 Å². The number of aromatic nitrogens is 1. The van der Waals surface area contributed by atoms with Crippen molar-refractivity contribution >= 4 is 28.3 Å². The van der Waals surface area contributed by atoms with Gasteiger partial charge in [-0.1, -0.05) is 6.58 Å². The maximum Gasteiger partial charge on any atom is 0.261 e. The molecule has 0 bridgehead atoms. The van der Waals surface area contributed by atoms with Crippen LogP contribution in [-0.4, -0.2) is 27.9 Å². The van der Waals surface area contributed by atoms with E-state index in [-0.39, 0.29) is 17.6 Å². The van der Waals surface area contributed by atoms with E-state index in [1.807, 2.05) is 0 Å². The number of nitrogens with one attached hydrogen (secondary N) is 1. The van der Waals surface area contributed by atoms with Crippen molar-refractivity contribution in [2.24, 2.45) is 0 Å². The molecule has 6 nitrogen and oxygen atoms in total. The lowest BCUT2D eigenvalue weighted by Gasteiger charge is -2.31. The summed E-state index contributed by atoms with van der Waals surface area (Å²) < 4.78 is 0. The molecule has 3 heterocycles. The number of rotatable bonds is 1. The monoisotopic (exact) mass is 295 g/mol. The van der Waals surface area contributed by atoms with Crippen LogP contribution in [0.5, 0.6) is 5.75 Å². The summed E-state index contributed by atoms with van der Waals surface area (Å²) in [7, 11) is 0. The molecule has 1 fully saturated rings. The molecule has 0 aliphatic carbocycles. The Balaban J connectivity index is 1.89. The van der Waals surface area contributed by atoms with Crippen LogP contribution in [0.4, 0.5) is 5.69 Å². The first kappa shape index (κ1) is 12.8. The fourth-order valence-electron chi connectivity index (χ4n) is 3.18. The average molecular weight is 295 g/mol. The van der Waals surface area contributed by atoms with Gasteiger partial charge in [0.1, 0.15) is 11.8 Å². The van der Waals surface area contributed by atoms with Crippen LogP contribution in [-0.2, 0) is 4.79 Å². The largest absolute Gasteiger partial charge is 0.507 e. The molecule has 110 valence electrons. The van der Waals surface area contributed by atoms with Gasteiger partial charge in [0.2, 0.25) is 5.91 Å². The summed E-state index contributed by atoms with van der Waals surface area (Å²) in [6.45, 7) is 3.76. The summed E-state index contributed by atoms with van der Waals surface area (Å²) in [6, 6.07) is 2.62. The second-order valence-corrected chi connectivity index (χ2v) is 5.54. The highest BCUT2D eigenvalue weighted by Crippen LogP contribution is 2.42. The molecule has 22 heavy (non-hydrogen) atoms. The van der Waals surface area contributed by atoms with Gasteiger partial charge in [-0.15, -0.1) is 0 Å². The number of allylic oxidation sites excluding steroid dienone is 1. The fraction of sp³-hybridized carbons (Fsp3) is 0.188. The number of aromatic hydroxyl groups is 1. The number of phenolic OH excluding ortho intramolecular Hbond substituents is 1. The number of phenols is 1. The highest BCUT2D eigenvalue weighted by Gasteiger charge is 2.40. The van der Waals surface area contributed by atoms with Crippen LogP contribution in [0.1, 0.15) is 23.2 Å². The Morgan fingerprint density at radius 3 is 2.91 bits per heavy atom. The molecule has 6 heteroatoms. The van der Waals surface area contributed by atoms with Gasteiger partial charge in [0.15, 0.2) is 0 Å². The third-order valence-electron chi connectivity index (χ3n) is 4.22. The number of benzene rings is 1. The van der Waals surface area contributed by atoms with E-state index in [0.717, 1.165) is 0 Å². The van der Waals surface area contributed by atoms with E-state index in [9.17, 15) is 14.7 Å². The van der Waals surface area contributed by atoms with Crippen molar-refractivity contribution in [1.29, 1.82) is 0 Å². The lowest BCUT2D eigenvalue weighted by molar-refractivity contribution is -0.122. The van der Waals surface area contributed by atoms with Crippen LogP contribution in [0.3, 0.4) is 0 Å². The summed E-state index contributed by atoms with van der Waals surface area (Å²) in [5.74, 6) is -0.415. The molecular weight excluding hydrogens is 282 g/mol. The van der Waals surface area contributed by atoms with Crippen molar-refractivity contribution in [1.82, 2.24) is 10.3 Å². The topological polar surface area (TPSA) is 82.5 Å². The second kappa shape index (κ2) is 4.30. The molecular formula is C16H13N3O3. The Hall–Kier alpha value is -2.89. The quantitative estimate of drug-likeness (QED) is 0.838. The first-order valence-corrected chi connectivity index (χ1v) is 7.00. The number of carbonyl (C=O) groups excluding carboxylic acids is 2. The SMILES string of the molecule is C=C1CCC(N2C(=O)c3cncc4c(O)ccc2c34)C(=O)N1. The highest BCUT2D eigenvalue weighted by atomic mass is 16.3. The first-order chi connectivity index (χ1) is 10.6. The molecule has 1 aromatic heterocycles. The molecule has 0 spiro atoms. The van der Waals surface area contributed by atoms with E-state index in [2.05, 4.69) is 16.9 Å². The third-order valence-corrected chi connectivity index (χ3v) is 4.22. The molecule has 1 saturated heterocycles. The molecule has 1 atom stereocenters. The van der Waals surface area contributed by atoms with Gasteiger partial charge in [-0.3, -0.25) is 19.5 Å². The van der Waals surface area contributed by atoms with Crippen molar-refractivity contribution in [3.8, 4) is 5.75 Å². The summed E-state index contributed by atoms with van der Waals surface area (Å²) >= 11 is 0. The van der Waals surface area contributed by atoms with Crippen molar-refractivity contribution in [3.05, 3.63) is 42.4 Å². The molecule has 2 aliphatic heterocycles. The average Bonchev–Trinajstić information content (AvgIpc) is 2.78. The van der Waals surface area contributed by atoms with E-state index < -0.39 is 6.04 Å². The molecule has 4 rings (SSSR count). The van der Waals surface area contributed by atoms with E-state index in [0.29, 0.717) is 40.6 Å². The van der Waals surface area contributed by atoms with Crippen molar-refractivity contribution in [2.75, 3.05) is 4.90 Å². The Labute approximate surface area is 126 Å². The predicted molar refractivity (Wildman–Crippen MR) is 80.5 cm³/mol. The Kier molecular flexibility index (Phi) is 2.51. The van der Waals surface area contributed by atoms with Gasteiger partial charge in [0, 0.05) is 28.9 Å². The summed E-state index contributed by atoms with van der Waals surface area (Å²) in [5, 5.41) is 13.8. The summed E-state index contributed by atoms with van der Waals surface area (Å²) in [6.07, 6.45) is 4.17. The molecule has 2 N–H and O–H groups in total. The summed E-state index contributed by atoms with van der Waals surface area (Å²) in [4.78, 5) is 30.5. The van der Waals surface area contributed by atoms with Gasteiger partial charge in [0.25, 0.3) is 5.91 Å². The third kappa shape index (κ3) is 1.57. The van der Waals surface area contributed by atoms with Crippen molar-refractivity contribution in [2.45, 2.75) is 18.9 Å². The van der Waals surface area contributed by atoms with Crippen LogP contribution in [0.25, 0.3) is 10.8 Å². The number of carbonyl (C=O) groups is 2. The van der Waals surface area contributed by atoms with E-state index in [1.54, 1.807) is 6.07 Å². The number of hydrogen-bond donors (Lipinski definition) is 2. The Morgan fingerprint density at radius 1 is 1.32 bits per heavy atom. The number of pyridine rings is 1. The first-order valence-electron chi connectivity index (χ1n) is 7.00. The normalized spacial score (nSPS) is 20.6. The smallest absolute Gasteiger partial charge is 0.261 e. The van der Waals surface area contributed by atoms with E-state index in [1.165, 1.54) is 23.4 Å². The van der Waals surface area contributed by atoms with Gasteiger partial charge >= 0.3 is 0 Å².